The second-order valence-electron chi connectivity index (χ2n) is 24.3. The summed E-state index contributed by atoms with van der Waals surface area (Å²) in [5.74, 6) is -0.192. The van der Waals surface area contributed by atoms with Crippen molar-refractivity contribution in [3.8, 4) is 0 Å². The van der Waals surface area contributed by atoms with Gasteiger partial charge in [-0.05, 0) is 83.5 Å². The van der Waals surface area contributed by atoms with Crippen LogP contribution >= 0.6 is 0 Å². The summed E-state index contributed by atoms with van der Waals surface area (Å²) in [6.45, 7) is 3.68. The first kappa shape index (κ1) is 79.1. The molecule has 1 rings (SSSR count). The minimum Gasteiger partial charge on any atom is -0.394 e. The topological polar surface area (TPSA) is 149 Å². The first-order valence-corrected chi connectivity index (χ1v) is 35.5. The highest BCUT2D eigenvalue weighted by molar-refractivity contribution is 5.76. The van der Waals surface area contributed by atoms with Crippen LogP contribution in [0.25, 0.3) is 0 Å². The molecular weight excluding hydrogens is 1040 g/mol. The third-order valence-corrected chi connectivity index (χ3v) is 16.4. The zero-order chi connectivity index (χ0) is 60.7. The fraction of sp³-hybridized carbons (Fsp3) is 0.773. The average Bonchev–Trinajstić information content (AvgIpc) is 3.69. The van der Waals surface area contributed by atoms with Gasteiger partial charge in [0.25, 0.3) is 0 Å². The fourth-order valence-electron chi connectivity index (χ4n) is 10.9. The van der Waals surface area contributed by atoms with E-state index in [0.29, 0.717) is 6.42 Å². The van der Waals surface area contributed by atoms with Crippen molar-refractivity contribution >= 4 is 5.91 Å². The Morgan fingerprint density at radius 1 is 0.417 bits per heavy atom. The second-order valence-corrected chi connectivity index (χ2v) is 24.3. The van der Waals surface area contributed by atoms with Crippen LogP contribution in [0.1, 0.15) is 316 Å². The first-order valence-electron chi connectivity index (χ1n) is 35.5. The molecule has 0 spiro atoms. The van der Waals surface area contributed by atoms with Crippen molar-refractivity contribution < 1.29 is 39.8 Å². The van der Waals surface area contributed by atoms with Gasteiger partial charge < -0.3 is 40.3 Å². The maximum atomic E-state index is 13.1. The first-order chi connectivity index (χ1) is 41.3. The van der Waals surface area contributed by atoms with Gasteiger partial charge in [-0.15, -0.1) is 0 Å². The van der Waals surface area contributed by atoms with Crippen LogP contribution in [0.2, 0.25) is 0 Å². The maximum absolute atomic E-state index is 13.1. The summed E-state index contributed by atoms with van der Waals surface area (Å²) in [5.41, 5.74) is 0. The molecule has 0 aromatic rings. The lowest BCUT2D eigenvalue weighted by Gasteiger charge is -2.40. The van der Waals surface area contributed by atoms with E-state index in [2.05, 4.69) is 104 Å². The number of allylic oxidation sites excluding steroid dienone is 15. The van der Waals surface area contributed by atoms with Gasteiger partial charge in [-0.3, -0.25) is 4.79 Å². The largest absolute Gasteiger partial charge is 0.394 e. The van der Waals surface area contributed by atoms with Gasteiger partial charge in [0, 0.05) is 6.42 Å². The number of ether oxygens (including phenoxy) is 2. The maximum Gasteiger partial charge on any atom is 0.220 e. The van der Waals surface area contributed by atoms with Crippen LogP contribution in [0.3, 0.4) is 0 Å². The number of aliphatic hydroxyl groups excluding tert-OH is 5. The Hall–Kier alpha value is -2.89. The number of carbonyl (C=O) groups excluding carboxylic acids is 1. The minimum absolute atomic E-state index is 0.192. The molecule has 0 aromatic heterocycles. The molecule has 1 fully saturated rings. The van der Waals surface area contributed by atoms with Crippen molar-refractivity contribution in [3.05, 3.63) is 97.2 Å². The third kappa shape index (κ3) is 51.2. The highest BCUT2D eigenvalue weighted by Gasteiger charge is 2.44. The van der Waals surface area contributed by atoms with Crippen LogP contribution in [0.4, 0.5) is 0 Å². The molecule has 7 unspecified atom stereocenters. The monoisotopic (exact) mass is 1180 g/mol. The lowest BCUT2D eigenvalue weighted by Crippen LogP contribution is -2.60. The van der Waals surface area contributed by atoms with E-state index in [1.54, 1.807) is 6.08 Å². The molecule has 1 aliphatic rings. The Balaban J connectivity index is 2.16. The number of hydrogen-bond acceptors (Lipinski definition) is 8. The molecule has 9 heteroatoms. The summed E-state index contributed by atoms with van der Waals surface area (Å²) in [7, 11) is 0. The number of carbonyl (C=O) groups is 1. The fourth-order valence-corrected chi connectivity index (χ4v) is 10.9. The van der Waals surface area contributed by atoms with Crippen LogP contribution in [0.15, 0.2) is 97.2 Å². The smallest absolute Gasteiger partial charge is 0.220 e. The molecule has 1 aliphatic heterocycles. The van der Waals surface area contributed by atoms with Crippen molar-refractivity contribution in [3.63, 3.8) is 0 Å². The Morgan fingerprint density at radius 2 is 0.750 bits per heavy atom. The molecule has 7 atom stereocenters. The Bertz CT molecular complexity index is 1650. The molecular formula is C75H133NO8. The molecule has 0 saturated carbocycles. The zero-order valence-corrected chi connectivity index (χ0v) is 54.4. The van der Waals surface area contributed by atoms with Crippen LogP contribution in [-0.2, 0) is 14.3 Å². The molecule has 1 heterocycles. The number of rotatable bonds is 61. The van der Waals surface area contributed by atoms with E-state index in [9.17, 15) is 30.3 Å². The van der Waals surface area contributed by atoms with E-state index >= 15 is 0 Å². The lowest BCUT2D eigenvalue weighted by molar-refractivity contribution is -0.302. The quantitative estimate of drug-likeness (QED) is 0.0261. The van der Waals surface area contributed by atoms with Crippen LogP contribution < -0.4 is 5.32 Å². The highest BCUT2D eigenvalue weighted by Crippen LogP contribution is 2.23. The van der Waals surface area contributed by atoms with E-state index in [1.165, 1.54) is 205 Å². The van der Waals surface area contributed by atoms with Gasteiger partial charge in [-0.25, -0.2) is 0 Å². The normalized spacial score (nSPS) is 18.8. The van der Waals surface area contributed by atoms with E-state index < -0.39 is 49.5 Å². The summed E-state index contributed by atoms with van der Waals surface area (Å²) in [5, 5.41) is 54.8. The van der Waals surface area contributed by atoms with Crippen molar-refractivity contribution in [1.82, 2.24) is 5.32 Å². The van der Waals surface area contributed by atoms with Gasteiger partial charge in [0.2, 0.25) is 5.91 Å². The third-order valence-electron chi connectivity index (χ3n) is 16.4. The molecule has 0 radical (unpaired) electrons. The van der Waals surface area contributed by atoms with E-state index in [-0.39, 0.29) is 12.5 Å². The van der Waals surface area contributed by atoms with Crippen molar-refractivity contribution in [1.29, 1.82) is 0 Å². The van der Waals surface area contributed by atoms with Crippen LogP contribution in [0, 0.1) is 0 Å². The van der Waals surface area contributed by atoms with Gasteiger partial charge >= 0.3 is 0 Å². The number of unbranched alkanes of at least 4 members (excludes halogenated alkanes) is 37. The van der Waals surface area contributed by atoms with Crippen LogP contribution in [-0.4, -0.2) is 87.5 Å². The van der Waals surface area contributed by atoms with Crippen molar-refractivity contribution in [2.24, 2.45) is 0 Å². The van der Waals surface area contributed by atoms with E-state index in [1.807, 2.05) is 6.08 Å². The molecule has 84 heavy (non-hydrogen) atoms. The molecule has 1 saturated heterocycles. The van der Waals surface area contributed by atoms with E-state index in [4.69, 9.17) is 9.47 Å². The predicted molar refractivity (Wildman–Crippen MR) is 359 cm³/mol. The predicted octanol–water partition coefficient (Wildman–Crippen LogP) is 19.5. The number of aliphatic hydroxyl groups is 5. The molecule has 486 valence electrons. The summed E-state index contributed by atoms with van der Waals surface area (Å²) >= 11 is 0. The number of hydrogen-bond donors (Lipinski definition) is 6. The molecule has 0 aromatic carbocycles. The average molecular weight is 1180 g/mol. The zero-order valence-electron chi connectivity index (χ0n) is 54.4. The van der Waals surface area contributed by atoms with Gasteiger partial charge in [-0.2, -0.15) is 0 Å². The summed E-state index contributed by atoms with van der Waals surface area (Å²) in [4.78, 5) is 13.1. The number of amides is 1. The molecule has 9 nitrogen and oxygen atoms in total. The Morgan fingerprint density at radius 3 is 1.14 bits per heavy atom. The van der Waals surface area contributed by atoms with Crippen molar-refractivity contribution in [2.75, 3.05) is 13.2 Å². The minimum atomic E-state index is -1.58. The van der Waals surface area contributed by atoms with Gasteiger partial charge in [0.1, 0.15) is 24.4 Å². The molecule has 6 N–H and O–H groups in total. The molecule has 0 bridgehead atoms. The Kier molecular flexibility index (Phi) is 59.5. The van der Waals surface area contributed by atoms with E-state index in [0.717, 1.165) is 89.9 Å². The number of nitrogens with one attached hydrogen (secondary N) is 1. The molecule has 1 amide bonds. The van der Waals surface area contributed by atoms with Gasteiger partial charge in [0.05, 0.1) is 25.4 Å². The van der Waals surface area contributed by atoms with Crippen LogP contribution in [0.5, 0.6) is 0 Å². The van der Waals surface area contributed by atoms with Gasteiger partial charge in [0.15, 0.2) is 6.29 Å². The van der Waals surface area contributed by atoms with Crippen molar-refractivity contribution in [2.45, 2.75) is 358 Å². The van der Waals surface area contributed by atoms with Gasteiger partial charge in [-0.1, -0.05) is 323 Å². The highest BCUT2D eigenvalue weighted by atomic mass is 16.7. The Labute approximate surface area is 517 Å². The second kappa shape index (κ2) is 63.1. The lowest BCUT2D eigenvalue weighted by atomic mass is 9.99. The standard InChI is InChI=1S/C75H133NO8/c1-3-5-7-9-11-13-15-17-19-21-23-25-27-29-31-33-34-35-37-38-40-42-44-46-48-50-52-54-56-58-60-62-64-69(78)68(67-83-75-74(82)73(81)72(80)70(66-77)84-75)76-71(79)65-63-61-59-57-55-53-51-49-47-45-43-41-39-36-32-30-28-26-24-22-20-18-16-14-12-10-8-6-4-2/h6,8,12,14,18,20,24,26,30,32,39,41,54,56,62,64,68-70,72-75,77-78,80-82H,3-5,7,9-11,13,15-17,19,21-23,25,27-29,31,33-38,40,42-53,55,57-61,63,65-67H2,1-2H3,(H,76,79)/b8-6-,14-12-,20-18-,26-24-,32-30-,41-39-,56-54+,64-62+. The summed E-state index contributed by atoms with van der Waals surface area (Å²) < 4.78 is 11.3. The summed E-state index contributed by atoms with van der Waals surface area (Å²) in [6.07, 6.45) is 85.2. The molecule has 0 aliphatic carbocycles. The SMILES string of the molecule is CC/C=C\C/C=C\C/C=C\C/C=C\C/C=C\C/C=C\CCCCCCCCCCCCC(=O)NC(COC1OC(CO)C(O)C(O)C1O)C(O)/C=C/CC/C=C/CCCCCCCCCCCCCCCCCCCCCCCCCCCC. The summed E-state index contributed by atoms with van der Waals surface area (Å²) in [6, 6.07) is -0.833.